The summed E-state index contributed by atoms with van der Waals surface area (Å²) in [5, 5.41) is 23.6. The van der Waals surface area contributed by atoms with Gasteiger partial charge in [0, 0.05) is 37.5 Å². The molecule has 0 unspecified atom stereocenters. The molecular weight excluding hydrogens is 462 g/mol. The molecule has 0 aliphatic carbocycles. The van der Waals surface area contributed by atoms with Gasteiger partial charge in [-0.15, -0.1) is 4.91 Å². The molecule has 0 aliphatic heterocycles. The van der Waals surface area contributed by atoms with Crippen LogP contribution in [-0.2, 0) is 14.3 Å². The van der Waals surface area contributed by atoms with Gasteiger partial charge in [-0.1, -0.05) is 15.9 Å². The number of nitrogens with zero attached hydrogens (tertiary/aromatic N) is 3. The Balaban J connectivity index is 3.47. The Bertz CT molecular complexity index is 831. The van der Waals surface area contributed by atoms with E-state index >= 15 is 0 Å². The van der Waals surface area contributed by atoms with Gasteiger partial charge >= 0.3 is 0 Å². The summed E-state index contributed by atoms with van der Waals surface area (Å²) in [6, 6.07) is 2.09. The molecule has 1 aromatic rings. The quantitative estimate of drug-likeness (QED) is 0.111. The third kappa shape index (κ3) is 7.22. The maximum atomic E-state index is 12.6. The normalized spacial score (nSPS) is 11.2. The van der Waals surface area contributed by atoms with Gasteiger partial charge in [0.1, 0.15) is 11.4 Å². The summed E-state index contributed by atoms with van der Waals surface area (Å²) in [7, 11) is -3.72. The van der Waals surface area contributed by atoms with Crippen LogP contribution in [0.25, 0.3) is 0 Å². The number of aliphatic hydroxyl groups excluding tert-OH is 1. The minimum atomic E-state index is -3.72. The van der Waals surface area contributed by atoms with Crippen LogP contribution >= 0.6 is 15.9 Å². The zero-order chi connectivity index (χ0) is 21.3. The SMILES string of the molecule is CS(=O)(=O)OCCN(CCBr)c1c(C(=O)CCCO)cc(N=O)cc1[N+](=O)[O-]. The molecule has 1 rings (SSSR count). The number of rotatable bonds is 13. The maximum Gasteiger partial charge on any atom is 0.295 e. The third-order valence-corrected chi connectivity index (χ3v) is 4.52. The van der Waals surface area contributed by atoms with Crippen molar-refractivity contribution in [3.8, 4) is 0 Å². The van der Waals surface area contributed by atoms with E-state index in [0.717, 1.165) is 18.4 Å². The van der Waals surface area contributed by atoms with Crippen LogP contribution in [0.5, 0.6) is 0 Å². The lowest BCUT2D eigenvalue weighted by atomic mass is 10.0. The topological polar surface area (TPSA) is 156 Å². The second-order valence-corrected chi connectivity index (χ2v) is 8.10. The molecule has 0 atom stereocenters. The molecule has 0 aromatic heterocycles. The van der Waals surface area contributed by atoms with Crippen molar-refractivity contribution in [1.82, 2.24) is 0 Å². The van der Waals surface area contributed by atoms with Gasteiger partial charge in [-0.25, -0.2) is 0 Å². The van der Waals surface area contributed by atoms with Crippen LogP contribution in [0.2, 0.25) is 0 Å². The van der Waals surface area contributed by atoms with Crippen molar-refractivity contribution in [2.75, 3.05) is 42.8 Å². The number of nitro benzene ring substituents is 1. The average Bonchev–Trinajstić information content (AvgIpc) is 2.63. The Morgan fingerprint density at radius 1 is 1.39 bits per heavy atom. The molecule has 11 nitrogen and oxygen atoms in total. The summed E-state index contributed by atoms with van der Waals surface area (Å²) in [5.41, 5.74) is -0.951. The van der Waals surface area contributed by atoms with Gasteiger partial charge in [-0.2, -0.15) is 8.42 Å². The highest BCUT2D eigenvalue weighted by molar-refractivity contribution is 9.09. The predicted molar refractivity (Wildman–Crippen MR) is 106 cm³/mol. The number of hydrogen-bond donors (Lipinski definition) is 1. The van der Waals surface area contributed by atoms with Crippen LogP contribution in [-0.4, -0.2) is 62.1 Å². The Kier molecular flexibility index (Phi) is 9.58. The van der Waals surface area contributed by atoms with Gasteiger partial charge < -0.3 is 10.0 Å². The van der Waals surface area contributed by atoms with E-state index in [1.165, 1.54) is 4.90 Å². The molecule has 156 valence electrons. The molecule has 0 amide bonds. The van der Waals surface area contributed by atoms with Gasteiger partial charge in [0.05, 0.1) is 23.3 Å². The van der Waals surface area contributed by atoms with Crippen LogP contribution in [0.3, 0.4) is 0 Å². The summed E-state index contributed by atoms with van der Waals surface area (Å²) in [6.07, 6.45) is 0.921. The Morgan fingerprint density at radius 3 is 2.57 bits per heavy atom. The number of anilines is 1. The lowest BCUT2D eigenvalue weighted by molar-refractivity contribution is -0.384. The first-order valence-electron chi connectivity index (χ1n) is 8.09. The Hall–Kier alpha value is -1.96. The maximum absolute atomic E-state index is 12.6. The second kappa shape index (κ2) is 11.1. The number of Topliss-reactive ketones (excluding diaryl/α,β-unsaturated/α-hetero) is 1. The molecule has 28 heavy (non-hydrogen) atoms. The van der Waals surface area contributed by atoms with Crippen LogP contribution in [0, 0.1) is 15.0 Å². The number of ketones is 1. The fourth-order valence-electron chi connectivity index (χ4n) is 2.45. The number of halogens is 1. The number of benzene rings is 1. The highest BCUT2D eigenvalue weighted by Crippen LogP contribution is 2.37. The highest BCUT2D eigenvalue weighted by atomic mass is 79.9. The lowest BCUT2D eigenvalue weighted by Crippen LogP contribution is -2.32. The van der Waals surface area contributed by atoms with E-state index in [0.29, 0.717) is 5.33 Å². The van der Waals surface area contributed by atoms with Gasteiger partial charge in [-0.05, 0) is 17.7 Å². The summed E-state index contributed by atoms with van der Waals surface area (Å²) in [6.45, 7) is -0.404. The van der Waals surface area contributed by atoms with Crippen molar-refractivity contribution >= 4 is 48.9 Å². The zero-order valence-electron chi connectivity index (χ0n) is 15.0. The van der Waals surface area contributed by atoms with E-state index in [-0.39, 0.29) is 56.1 Å². The van der Waals surface area contributed by atoms with Crippen molar-refractivity contribution in [3.05, 3.63) is 32.7 Å². The first-order valence-corrected chi connectivity index (χ1v) is 11.0. The van der Waals surface area contributed by atoms with Crippen molar-refractivity contribution < 1.29 is 27.4 Å². The van der Waals surface area contributed by atoms with E-state index in [9.17, 15) is 28.2 Å². The molecule has 0 radical (unpaired) electrons. The predicted octanol–water partition coefficient (Wildman–Crippen LogP) is 2.13. The van der Waals surface area contributed by atoms with Crippen LogP contribution in [0.4, 0.5) is 17.1 Å². The molecule has 0 spiro atoms. The monoisotopic (exact) mass is 481 g/mol. The molecule has 1 aromatic carbocycles. The molecular formula is C15H20BrN3O8S. The number of carbonyl (C=O) groups is 1. The summed E-state index contributed by atoms with van der Waals surface area (Å²) < 4.78 is 27.0. The fourth-order valence-corrected chi connectivity index (χ4v) is 3.26. The average molecular weight is 482 g/mol. The third-order valence-electron chi connectivity index (χ3n) is 3.57. The molecule has 0 bridgehead atoms. The van der Waals surface area contributed by atoms with Crippen molar-refractivity contribution in [2.45, 2.75) is 12.8 Å². The molecule has 1 N–H and O–H groups in total. The number of nitroso groups, excluding NO2 is 1. The highest BCUT2D eigenvalue weighted by Gasteiger charge is 2.28. The smallest absolute Gasteiger partial charge is 0.295 e. The van der Waals surface area contributed by atoms with Crippen LogP contribution < -0.4 is 4.90 Å². The molecule has 0 heterocycles. The van der Waals surface area contributed by atoms with Gasteiger partial charge in [0.25, 0.3) is 15.8 Å². The number of carbonyl (C=O) groups excluding carboxylic acids is 1. The van der Waals surface area contributed by atoms with Crippen LogP contribution in [0.1, 0.15) is 23.2 Å². The standard InChI is InChI=1S/C15H20BrN3O8S/c1-28(25,26)27-8-6-18(5-4-16)15-12(14(21)3-2-7-20)9-11(17-22)10-13(15)19(23)24/h9-10,20H,2-8H2,1H3. The van der Waals surface area contributed by atoms with Crippen molar-refractivity contribution in [1.29, 1.82) is 0 Å². The van der Waals surface area contributed by atoms with E-state index < -0.39 is 26.5 Å². The number of aliphatic hydroxyl groups is 1. The minimum Gasteiger partial charge on any atom is -0.396 e. The first kappa shape index (κ1) is 24.1. The van der Waals surface area contributed by atoms with E-state index in [4.69, 9.17) is 9.29 Å². The zero-order valence-corrected chi connectivity index (χ0v) is 17.4. The summed E-state index contributed by atoms with van der Waals surface area (Å²) in [5.74, 6) is -0.513. The van der Waals surface area contributed by atoms with Crippen molar-refractivity contribution in [2.24, 2.45) is 5.18 Å². The molecule has 0 fully saturated rings. The largest absolute Gasteiger partial charge is 0.396 e. The summed E-state index contributed by atoms with van der Waals surface area (Å²) >= 11 is 3.21. The number of hydrogen-bond acceptors (Lipinski definition) is 10. The van der Waals surface area contributed by atoms with E-state index in [1.54, 1.807) is 0 Å². The van der Waals surface area contributed by atoms with E-state index in [2.05, 4.69) is 21.1 Å². The van der Waals surface area contributed by atoms with Gasteiger partial charge in [-0.3, -0.25) is 19.1 Å². The lowest BCUT2D eigenvalue weighted by Gasteiger charge is -2.25. The molecule has 0 saturated heterocycles. The molecule has 0 aliphatic rings. The van der Waals surface area contributed by atoms with Crippen molar-refractivity contribution in [3.63, 3.8) is 0 Å². The number of nitro groups is 1. The second-order valence-electron chi connectivity index (χ2n) is 5.66. The minimum absolute atomic E-state index is 0.0584. The fraction of sp³-hybridized carbons (Fsp3) is 0.533. The summed E-state index contributed by atoms with van der Waals surface area (Å²) in [4.78, 5) is 35.7. The van der Waals surface area contributed by atoms with Crippen LogP contribution in [0.15, 0.2) is 17.3 Å². The Labute approximate surface area is 170 Å². The molecule has 0 saturated carbocycles. The molecule has 13 heteroatoms. The van der Waals surface area contributed by atoms with E-state index in [1.807, 2.05) is 0 Å². The first-order chi connectivity index (χ1) is 13.1. The van der Waals surface area contributed by atoms with Gasteiger partial charge in [0.2, 0.25) is 0 Å². The van der Waals surface area contributed by atoms with Gasteiger partial charge in [0.15, 0.2) is 5.78 Å². The Morgan fingerprint density at radius 2 is 2.07 bits per heavy atom. The number of alkyl halides is 1.